The summed E-state index contributed by atoms with van der Waals surface area (Å²) in [5.41, 5.74) is 15.0. The molecule has 18 aromatic carbocycles. The summed E-state index contributed by atoms with van der Waals surface area (Å²) in [5.74, 6) is 3.62. The molecule has 24 aromatic rings. The molecule has 0 N–H and O–H groups in total. The van der Waals surface area contributed by atoms with Gasteiger partial charge in [0.2, 0.25) is 0 Å². The van der Waals surface area contributed by atoms with Crippen LogP contribution in [0.3, 0.4) is 0 Å². The molecule has 520 valence electrons. The van der Waals surface area contributed by atoms with E-state index in [0.29, 0.717) is 34.9 Å². The number of rotatable bonds is 8. The number of furan rings is 3. The summed E-state index contributed by atoms with van der Waals surface area (Å²) < 4.78 is 21.5. The topological polar surface area (TPSA) is 117 Å². The van der Waals surface area contributed by atoms with Crippen molar-refractivity contribution in [3.8, 4) is 90.6 Å². The van der Waals surface area contributed by atoms with Crippen LogP contribution in [-0.4, -0.2) is 29.9 Å². The maximum Gasteiger partial charge on any atom is 0.164 e. The Morgan fingerprint density at radius 2 is 0.509 bits per heavy atom. The molecule has 24 rings (SSSR count). The second-order valence-electron chi connectivity index (χ2n) is 28.7. The van der Waals surface area contributed by atoms with Crippen LogP contribution < -0.4 is 0 Å². The molecule has 10 heteroatoms. The quantitative estimate of drug-likeness (QED) is 0.137. The van der Waals surface area contributed by atoms with Crippen LogP contribution in [0.1, 0.15) is 0 Å². The van der Waals surface area contributed by atoms with Crippen molar-refractivity contribution in [1.82, 2.24) is 29.9 Å². The minimum absolute atomic E-state index is 0.589. The predicted octanol–water partition coefficient (Wildman–Crippen LogP) is 28.1. The number of para-hydroxylation sites is 3. The summed E-state index contributed by atoms with van der Waals surface area (Å²) >= 11 is 1.86. The summed E-state index contributed by atoms with van der Waals surface area (Å²) in [5, 5.41) is 23.4. The molecule has 0 saturated carbocycles. The van der Waals surface area contributed by atoms with Gasteiger partial charge in [-0.2, -0.15) is 0 Å². The molecule has 0 saturated heterocycles. The number of hydrogen-bond acceptors (Lipinski definition) is 10. The first-order chi connectivity index (χ1) is 55.5. The summed E-state index contributed by atoms with van der Waals surface area (Å²) in [4.78, 5) is 31.2. The zero-order valence-corrected chi connectivity index (χ0v) is 60.6. The molecular weight excluding hydrogens is 1390 g/mol. The molecule has 0 radical (unpaired) electrons. The molecule has 9 nitrogen and oxygen atoms in total. The molecule has 0 aliphatic rings. The fourth-order valence-electron chi connectivity index (χ4n) is 17.0. The molecule has 0 bridgehead atoms. The standard InChI is InChI=1S/C51H29N3O2.C51H29N3OS/c1-2-10-30(11-3-1)33-12-8-13-35(28-33)49-52-50(54-51(53-49)40-16-9-19-43-47(40)38-14-4-6-17-41(38)55-43)36-24-26-37-34(29-36)23-22-31-20-21-32-25-27-44-48(46(32)45(31)37)39-15-5-7-18-42(39)56-44;1-2-10-30(11-3-1)33-12-8-13-35(28-33)49-52-50(54-51(53-49)40-16-9-18-42-47(40)38-14-4-6-17-41(38)55-42)36-24-26-37-34(29-36)23-22-31-20-21-32-25-27-44-48(46(32)45(31)37)39-15-5-7-19-43(39)56-44/h2*1-29H. The van der Waals surface area contributed by atoms with E-state index in [1.54, 1.807) is 0 Å². The number of hydrogen-bond donors (Lipinski definition) is 0. The lowest BCUT2D eigenvalue weighted by molar-refractivity contribution is 0.668. The fraction of sp³-hybridized carbons (Fsp3) is 0. The predicted molar refractivity (Wildman–Crippen MR) is 463 cm³/mol. The van der Waals surface area contributed by atoms with Crippen LogP contribution in [0.25, 0.3) is 241 Å². The highest BCUT2D eigenvalue weighted by molar-refractivity contribution is 7.26. The molecule has 112 heavy (non-hydrogen) atoms. The van der Waals surface area contributed by atoms with Gasteiger partial charge in [0.1, 0.15) is 33.5 Å². The number of aromatic nitrogens is 6. The summed E-state index contributed by atoms with van der Waals surface area (Å²) in [6.07, 6.45) is 0. The third-order valence-corrected chi connectivity index (χ3v) is 23.3. The molecule has 0 spiro atoms. The average Bonchev–Trinajstić information content (AvgIpc) is 0.870. The molecule has 0 atom stereocenters. The highest BCUT2D eigenvalue weighted by atomic mass is 32.1. The van der Waals surface area contributed by atoms with Crippen molar-refractivity contribution >= 4 is 162 Å². The van der Waals surface area contributed by atoms with Crippen molar-refractivity contribution in [2.75, 3.05) is 0 Å². The van der Waals surface area contributed by atoms with Gasteiger partial charge >= 0.3 is 0 Å². The molecule has 0 aliphatic carbocycles. The van der Waals surface area contributed by atoms with Crippen molar-refractivity contribution in [2.24, 2.45) is 0 Å². The van der Waals surface area contributed by atoms with Gasteiger partial charge in [-0.05, 0) is 154 Å². The van der Waals surface area contributed by atoms with Gasteiger partial charge in [0.25, 0.3) is 0 Å². The Balaban J connectivity index is 0.000000134. The summed E-state index contributed by atoms with van der Waals surface area (Å²) in [7, 11) is 0. The minimum atomic E-state index is 0.589. The smallest absolute Gasteiger partial charge is 0.164 e. The maximum absolute atomic E-state index is 6.34. The molecule has 0 aliphatic heterocycles. The molecule has 0 fully saturated rings. The lowest BCUT2D eigenvalue weighted by atomic mass is 9.93. The van der Waals surface area contributed by atoms with Crippen LogP contribution in [0.5, 0.6) is 0 Å². The summed E-state index contributed by atoms with van der Waals surface area (Å²) in [6, 6.07) is 123. The van der Waals surface area contributed by atoms with Crippen LogP contribution in [-0.2, 0) is 0 Å². The van der Waals surface area contributed by atoms with E-state index in [1.165, 1.54) is 68.6 Å². The first-order valence-electron chi connectivity index (χ1n) is 37.5. The zero-order chi connectivity index (χ0) is 73.5. The van der Waals surface area contributed by atoms with Gasteiger partial charge < -0.3 is 13.3 Å². The Labute approximate surface area is 643 Å². The van der Waals surface area contributed by atoms with Gasteiger partial charge in [0, 0.05) is 91.3 Å². The third kappa shape index (κ3) is 10.4. The highest BCUT2D eigenvalue weighted by Gasteiger charge is 2.24. The van der Waals surface area contributed by atoms with E-state index in [2.05, 4.69) is 267 Å². The van der Waals surface area contributed by atoms with Crippen LogP contribution in [0, 0.1) is 0 Å². The van der Waals surface area contributed by atoms with E-state index >= 15 is 0 Å². The Hall–Kier alpha value is -14.8. The van der Waals surface area contributed by atoms with Crippen molar-refractivity contribution in [2.45, 2.75) is 0 Å². The van der Waals surface area contributed by atoms with Gasteiger partial charge in [0.05, 0.1) is 0 Å². The first kappa shape index (κ1) is 63.3. The van der Waals surface area contributed by atoms with E-state index in [0.717, 1.165) is 138 Å². The van der Waals surface area contributed by atoms with Crippen molar-refractivity contribution in [1.29, 1.82) is 0 Å². The monoisotopic (exact) mass is 1450 g/mol. The fourth-order valence-corrected chi connectivity index (χ4v) is 18.1. The van der Waals surface area contributed by atoms with E-state index in [4.69, 9.17) is 43.2 Å². The molecule has 6 heterocycles. The summed E-state index contributed by atoms with van der Waals surface area (Å²) in [6.45, 7) is 0. The largest absolute Gasteiger partial charge is 0.456 e. The normalized spacial score (nSPS) is 11.9. The SMILES string of the molecule is c1ccc(-c2cccc(-c3nc(-c4ccc5c(ccc6ccc7ccc8oc9ccccc9c8c7c65)c4)nc(-c4cccc5oc6ccccc6c45)n3)c2)cc1.c1ccc(-c2cccc(-c3nc(-c4ccc5c(ccc6ccc7ccc8sc9ccccc9c8c7c65)c4)nc(-c4cccc5oc6ccccc6c45)n3)c2)cc1. The maximum atomic E-state index is 6.34. The molecule has 6 aromatic heterocycles. The van der Waals surface area contributed by atoms with Gasteiger partial charge in [-0.15, -0.1) is 11.3 Å². The van der Waals surface area contributed by atoms with Crippen LogP contribution >= 0.6 is 11.3 Å². The van der Waals surface area contributed by atoms with Crippen molar-refractivity contribution in [3.63, 3.8) is 0 Å². The number of benzene rings is 18. The minimum Gasteiger partial charge on any atom is -0.456 e. The molecular formula is C102H58N6O3S. The van der Waals surface area contributed by atoms with Gasteiger partial charge in [-0.25, -0.2) is 29.9 Å². The first-order valence-corrected chi connectivity index (χ1v) is 38.3. The lowest BCUT2D eigenvalue weighted by Gasteiger charge is -2.12. The van der Waals surface area contributed by atoms with E-state index in [1.807, 2.05) is 96.3 Å². The van der Waals surface area contributed by atoms with Gasteiger partial charge in [-0.3, -0.25) is 0 Å². The van der Waals surface area contributed by atoms with Crippen LogP contribution in [0.15, 0.2) is 365 Å². The zero-order valence-electron chi connectivity index (χ0n) is 59.8. The Bertz CT molecular complexity index is 7570. The average molecular weight is 1450 g/mol. The molecule has 0 unspecified atom stereocenters. The highest BCUT2D eigenvalue weighted by Crippen LogP contribution is 2.47. The second-order valence-corrected chi connectivity index (χ2v) is 29.7. The van der Waals surface area contributed by atoms with E-state index in [9.17, 15) is 0 Å². The van der Waals surface area contributed by atoms with E-state index in [-0.39, 0.29) is 0 Å². The van der Waals surface area contributed by atoms with Crippen LogP contribution in [0.2, 0.25) is 0 Å². The number of fused-ring (bicyclic) bond motifs is 24. The Kier molecular flexibility index (Phi) is 14.3. The molecule has 0 amide bonds. The third-order valence-electron chi connectivity index (χ3n) is 22.2. The van der Waals surface area contributed by atoms with Crippen molar-refractivity contribution in [3.05, 3.63) is 352 Å². The van der Waals surface area contributed by atoms with Crippen molar-refractivity contribution < 1.29 is 13.3 Å². The Morgan fingerprint density at radius 3 is 1.00 bits per heavy atom. The van der Waals surface area contributed by atoms with Crippen LogP contribution in [0.4, 0.5) is 0 Å². The van der Waals surface area contributed by atoms with Gasteiger partial charge in [-0.1, -0.05) is 279 Å². The number of nitrogens with zero attached hydrogens (tertiary/aromatic N) is 6. The van der Waals surface area contributed by atoms with Gasteiger partial charge in [0.15, 0.2) is 34.9 Å². The second kappa shape index (κ2) is 25.4. The lowest BCUT2D eigenvalue weighted by Crippen LogP contribution is -2.00. The van der Waals surface area contributed by atoms with E-state index < -0.39 is 0 Å². The Morgan fingerprint density at radius 1 is 0.170 bits per heavy atom. The number of thiophene rings is 1.